The van der Waals surface area contributed by atoms with E-state index in [0.717, 1.165) is 17.7 Å². The number of imide groups is 1. The minimum absolute atomic E-state index is 0.0348. The average Bonchev–Trinajstić information content (AvgIpc) is 3.03. The summed E-state index contributed by atoms with van der Waals surface area (Å²) in [5.41, 5.74) is 1.23. The van der Waals surface area contributed by atoms with Crippen molar-refractivity contribution in [2.75, 3.05) is 6.61 Å². The number of carbonyl (C=O) groups is 2. The van der Waals surface area contributed by atoms with E-state index in [4.69, 9.17) is 16.3 Å². The maximum absolute atomic E-state index is 14.4. The average molecular weight is 440 g/mol. The molecule has 0 N–H and O–H groups in total. The van der Waals surface area contributed by atoms with Crippen molar-refractivity contribution in [2.45, 2.75) is 25.8 Å². The smallest absolute Gasteiger partial charge is 0.262 e. The molecule has 31 heavy (non-hydrogen) atoms. The van der Waals surface area contributed by atoms with Crippen molar-refractivity contribution in [3.05, 3.63) is 88.2 Å². The summed E-state index contributed by atoms with van der Waals surface area (Å²) in [5, 5.41) is 0.0434. The van der Waals surface area contributed by atoms with Crippen molar-refractivity contribution < 1.29 is 18.7 Å². The van der Waals surface area contributed by atoms with Gasteiger partial charge in [0.2, 0.25) is 0 Å². The summed E-state index contributed by atoms with van der Waals surface area (Å²) in [4.78, 5) is 35.8. The Hall–Kier alpha value is -3.32. The number of unbranched alkanes of at least 4 members (excludes halogenated alkanes) is 1. The van der Waals surface area contributed by atoms with Gasteiger partial charge in [-0.25, -0.2) is 9.37 Å². The molecule has 8 heteroatoms. The number of hydrogen-bond donors (Lipinski definition) is 0. The van der Waals surface area contributed by atoms with E-state index in [9.17, 15) is 14.0 Å². The molecule has 1 aliphatic rings. The zero-order valence-electron chi connectivity index (χ0n) is 16.7. The van der Waals surface area contributed by atoms with Crippen LogP contribution in [0, 0.1) is 5.82 Å². The van der Waals surface area contributed by atoms with Crippen LogP contribution >= 0.6 is 11.6 Å². The number of carbonyl (C=O) groups excluding carboxylic acids is 2. The summed E-state index contributed by atoms with van der Waals surface area (Å²) in [6.07, 6.45) is 4.50. The summed E-state index contributed by atoms with van der Waals surface area (Å²) in [6, 6.07) is 9.77. The van der Waals surface area contributed by atoms with Gasteiger partial charge in [0.15, 0.2) is 16.7 Å². The molecule has 6 nitrogen and oxygen atoms in total. The van der Waals surface area contributed by atoms with Gasteiger partial charge in [0.25, 0.3) is 11.8 Å². The van der Waals surface area contributed by atoms with Gasteiger partial charge < -0.3 is 4.74 Å². The van der Waals surface area contributed by atoms with Crippen molar-refractivity contribution >= 4 is 23.4 Å². The summed E-state index contributed by atoms with van der Waals surface area (Å²) in [5.74, 6) is -1.46. The Morgan fingerprint density at radius 3 is 2.39 bits per heavy atom. The first-order valence-electron chi connectivity index (χ1n) is 9.88. The van der Waals surface area contributed by atoms with Crippen LogP contribution in [0.5, 0.6) is 5.75 Å². The summed E-state index contributed by atoms with van der Waals surface area (Å²) in [6.45, 7) is 2.35. The Labute approximate surface area is 183 Å². The van der Waals surface area contributed by atoms with E-state index >= 15 is 0 Å². The number of ether oxygens (including phenoxy) is 1. The Kier molecular flexibility index (Phi) is 5.95. The third-order valence-corrected chi connectivity index (χ3v) is 5.34. The first-order chi connectivity index (χ1) is 15.0. The van der Waals surface area contributed by atoms with Crippen molar-refractivity contribution in [1.29, 1.82) is 0 Å². The van der Waals surface area contributed by atoms with Gasteiger partial charge in [0.1, 0.15) is 11.7 Å². The number of benzene rings is 2. The van der Waals surface area contributed by atoms with E-state index in [0.29, 0.717) is 23.3 Å². The van der Waals surface area contributed by atoms with E-state index in [2.05, 4.69) is 9.97 Å². The minimum Gasteiger partial charge on any atom is -0.491 e. The second-order valence-electron chi connectivity index (χ2n) is 7.05. The quantitative estimate of drug-likeness (QED) is 0.389. The van der Waals surface area contributed by atoms with Crippen LogP contribution in [-0.2, 0) is 0 Å². The number of nitrogens with zero attached hydrogens (tertiary/aromatic N) is 3. The van der Waals surface area contributed by atoms with E-state index in [1.807, 2.05) is 6.92 Å². The zero-order valence-corrected chi connectivity index (χ0v) is 17.5. The van der Waals surface area contributed by atoms with Crippen LogP contribution in [0.2, 0.25) is 5.15 Å². The normalized spacial score (nSPS) is 14.0. The van der Waals surface area contributed by atoms with Gasteiger partial charge in [0, 0.05) is 12.4 Å². The molecule has 0 spiro atoms. The third kappa shape index (κ3) is 3.88. The second kappa shape index (κ2) is 8.81. The molecule has 4 rings (SSSR count). The highest BCUT2D eigenvalue weighted by Gasteiger charge is 2.42. The van der Waals surface area contributed by atoms with Crippen LogP contribution in [0.25, 0.3) is 0 Å². The van der Waals surface area contributed by atoms with E-state index in [1.54, 1.807) is 24.3 Å². The molecule has 1 unspecified atom stereocenters. The van der Waals surface area contributed by atoms with Crippen LogP contribution in [0.1, 0.15) is 57.8 Å². The van der Waals surface area contributed by atoms with Crippen molar-refractivity contribution in [1.82, 2.24) is 14.9 Å². The molecule has 1 aliphatic heterocycles. The van der Waals surface area contributed by atoms with E-state index < -0.39 is 23.7 Å². The molecule has 0 fully saturated rings. The molecule has 0 radical (unpaired) electrons. The molecule has 2 heterocycles. The minimum atomic E-state index is -0.997. The Bertz CT molecular complexity index is 1120. The fourth-order valence-corrected chi connectivity index (χ4v) is 3.72. The second-order valence-corrected chi connectivity index (χ2v) is 7.41. The molecule has 1 atom stereocenters. The molecule has 0 saturated heterocycles. The van der Waals surface area contributed by atoms with Gasteiger partial charge in [-0.05, 0) is 36.2 Å². The highest BCUT2D eigenvalue weighted by molar-refractivity contribution is 6.30. The lowest BCUT2D eigenvalue weighted by Gasteiger charge is -2.27. The predicted molar refractivity (Wildman–Crippen MR) is 113 cm³/mol. The first kappa shape index (κ1) is 20.9. The Balaban J connectivity index is 1.83. The molecule has 1 aromatic heterocycles. The van der Waals surface area contributed by atoms with Gasteiger partial charge >= 0.3 is 0 Å². The van der Waals surface area contributed by atoms with Gasteiger partial charge in [-0.3, -0.25) is 19.5 Å². The Morgan fingerprint density at radius 2 is 1.74 bits per heavy atom. The maximum Gasteiger partial charge on any atom is 0.262 e. The lowest BCUT2D eigenvalue weighted by molar-refractivity contribution is 0.0605. The lowest BCUT2D eigenvalue weighted by atomic mass is 10.0. The van der Waals surface area contributed by atoms with Gasteiger partial charge in [-0.15, -0.1) is 0 Å². The first-order valence-corrected chi connectivity index (χ1v) is 10.3. The lowest BCUT2D eigenvalue weighted by Crippen LogP contribution is -2.35. The van der Waals surface area contributed by atoms with Crippen LogP contribution in [0.4, 0.5) is 4.39 Å². The van der Waals surface area contributed by atoms with Gasteiger partial charge in [-0.1, -0.05) is 43.1 Å². The maximum atomic E-state index is 14.4. The highest BCUT2D eigenvalue weighted by atomic mass is 35.5. The largest absolute Gasteiger partial charge is 0.491 e. The number of amides is 2. The topological polar surface area (TPSA) is 72.4 Å². The third-order valence-electron chi connectivity index (χ3n) is 5.05. The van der Waals surface area contributed by atoms with Crippen LogP contribution < -0.4 is 4.74 Å². The van der Waals surface area contributed by atoms with E-state index in [-0.39, 0.29) is 16.6 Å². The van der Waals surface area contributed by atoms with Crippen LogP contribution in [0.15, 0.2) is 54.9 Å². The number of rotatable bonds is 7. The number of hydrogen-bond acceptors (Lipinski definition) is 5. The SMILES string of the molecule is CCCCOc1cc(C(c2nccnc2Cl)N2C(=O)c3ccccc3C2=O)ccc1F. The molecule has 158 valence electrons. The van der Waals surface area contributed by atoms with Crippen molar-refractivity contribution in [3.63, 3.8) is 0 Å². The molecular formula is C23H19ClFN3O3. The van der Waals surface area contributed by atoms with Crippen molar-refractivity contribution in [3.8, 4) is 5.75 Å². The summed E-state index contributed by atoms with van der Waals surface area (Å²) >= 11 is 6.30. The highest BCUT2D eigenvalue weighted by Crippen LogP contribution is 2.38. The number of halogens is 2. The fourth-order valence-electron chi connectivity index (χ4n) is 3.51. The van der Waals surface area contributed by atoms with Crippen LogP contribution in [-0.4, -0.2) is 33.3 Å². The molecule has 0 saturated carbocycles. The van der Waals surface area contributed by atoms with Gasteiger partial charge in [0.05, 0.1) is 17.7 Å². The summed E-state index contributed by atoms with van der Waals surface area (Å²) < 4.78 is 19.9. The molecule has 0 bridgehead atoms. The standard InChI is InChI=1S/C23H19ClFN3O3/c1-2-3-12-31-18-13-14(8-9-17(18)25)20(19-21(24)27-11-10-26-19)28-22(29)15-6-4-5-7-16(15)23(28)30/h4-11,13,20H,2-3,12H2,1H3. The van der Waals surface area contributed by atoms with Crippen molar-refractivity contribution in [2.24, 2.45) is 0 Å². The molecule has 3 aromatic rings. The molecular weight excluding hydrogens is 421 g/mol. The predicted octanol–water partition coefficient (Wildman–Crippen LogP) is 4.83. The fraction of sp³-hybridized carbons (Fsp3) is 0.217. The van der Waals surface area contributed by atoms with Crippen LogP contribution in [0.3, 0.4) is 0 Å². The monoisotopic (exact) mass is 439 g/mol. The molecule has 0 aliphatic carbocycles. The van der Waals surface area contributed by atoms with E-state index in [1.165, 1.54) is 30.6 Å². The Morgan fingerprint density at radius 1 is 1.06 bits per heavy atom. The number of aromatic nitrogens is 2. The summed E-state index contributed by atoms with van der Waals surface area (Å²) in [7, 11) is 0. The molecule has 2 amide bonds. The molecule has 2 aromatic carbocycles. The zero-order chi connectivity index (χ0) is 22.0. The number of fused-ring (bicyclic) bond motifs is 1. The van der Waals surface area contributed by atoms with Gasteiger partial charge in [-0.2, -0.15) is 0 Å².